The van der Waals surface area contributed by atoms with Crippen molar-refractivity contribution in [2.24, 2.45) is 10.9 Å². The molecule has 0 saturated carbocycles. The van der Waals surface area contributed by atoms with E-state index in [0.717, 1.165) is 11.8 Å². The summed E-state index contributed by atoms with van der Waals surface area (Å²) in [4.78, 5) is 16.6. The second kappa shape index (κ2) is 7.63. The quantitative estimate of drug-likeness (QED) is 0.566. The molecule has 2 aromatic rings. The zero-order chi connectivity index (χ0) is 19.5. The van der Waals surface area contributed by atoms with Crippen molar-refractivity contribution in [1.29, 1.82) is 0 Å². The van der Waals surface area contributed by atoms with Gasteiger partial charge in [0.05, 0.1) is 5.56 Å². The Bertz CT molecular complexity index is 805. The van der Waals surface area contributed by atoms with Gasteiger partial charge in [0.1, 0.15) is 5.76 Å². The van der Waals surface area contributed by atoms with Gasteiger partial charge >= 0.3 is 6.18 Å². The summed E-state index contributed by atoms with van der Waals surface area (Å²) in [5, 5.41) is 11.8. The number of hydrogen-bond donors (Lipinski definition) is 3. The third kappa shape index (κ3) is 5.11. The van der Waals surface area contributed by atoms with E-state index >= 15 is 0 Å². The number of aromatic amines is 1. The highest BCUT2D eigenvalue weighted by Gasteiger charge is 2.40. The van der Waals surface area contributed by atoms with Crippen molar-refractivity contribution in [3.63, 3.8) is 0 Å². The number of nitrogens with one attached hydrogen (secondary N) is 3. The molecule has 0 radical (unpaired) electrons. The molecule has 0 aliphatic heterocycles. The number of furan rings is 1. The number of hydrogen-bond acceptors (Lipinski definition) is 4. The first-order valence-corrected chi connectivity index (χ1v) is 7.88. The summed E-state index contributed by atoms with van der Waals surface area (Å²) < 4.78 is 43.7. The monoisotopic (exact) mass is 371 g/mol. The fraction of sp³-hybridized carbons (Fsp3) is 0.438. The van der Waals surface area contributed by atoms with Crippen LogP contribution < -0.4 is 10.6 Å². The van der Waals surface area contributed by atoms with Crippen molar-refractivity contribution in [3.05, 3.63) is 34.9 Å². The molecule has 0 saturated heterocycles. The van der Waals surface area contributed by atoms with Crippen LogP contribution in [0.3, 0.4) is 0 Å². The molecule has 1 amide bonds. The molecular weight excluding hydrogens is 351 g/mol. The SMILES string of the molecule is Cc1cc(NC(=NCC(C)C)NC(=O)c2cc(C)oc2C(F)(F)F)n[nH]1. The lowest BCUT2D eigenvalue weighted by Crippen LogP contribution is -2.37. The first-order valence-electron chi connectivity index (χ1n) is 7.88. The Morgan fingerprint density at radius 2 is 2.04 bits per heavy atom. The van der Waals surface area contributed by atoms with Gasteiger partial charge in [0.2, 0.25) is 11.7 Å². The molecule has 0 aliphatic carbocycles. The van der Waals surface area contributed by atoms with Crippen LogP contribution in [0.15, 0.2) is 21.5 Å². The molecule has 0 unspecified atom stereocenters. The van der Waals surface area contributed by atoms with Crippen LogP contribution in [0.1, 0.15) is 41.4 Å². The lowest BCUT2D eigenvalue weighted by atomic mass is 10.2. The van der Waals surface area contributed by atoms with Gasteiger partial charge in [0.15, 0.2) is 5.82 Å². The van der Waals surface area contributed by atoms with Crippen LogP contribution in [0.5, 0.6) is 0 Å². The summed E-state index contributed by atoms with van der Waals surface area (Å²) in [7, 11) is 0. The second-order valence-corrected chi connectivity index (χ2v) is 6.20. The molecule has 26 heavy (non-hydrogen) atoms. The van der Waals surface area contributed by atoms with Gasteiger partial charge in [-0.25, -0.2) is 0 Å². The number of nitrogens with zero attached hydrogens (tertiary/aromatic N) is 2. The van der Waals surface area contributed by atoms with Gasteiger partial charge in [-0.3, -0.25) is 20.2 Å². The van der Waals surface area contributed by atoms with Crippen molar-refractivity contribution < 1.29 is 22.4 Å². The largest absolute Gasteiger partial charge is 0.456 e. The Hall–Kier alpha value is -2.78. The molecular formula is C16H20F3N5O2. The maximum absolute atomic E-state index is 13.0. The van der Waals surface area contributed by atoms with Crippen LogP contribution in [0.4, 0.5) is 19.0 Å². The molecule has 2 heterocycles. The second-order valence-electron chi connectivity index (χ2n) is 6.20. The van der Waals surface area contributed by atoms with E-state index in [1.807, 2.05) is 13.8 Å². The van der Waals surface area contributed by atoms with E-state index in [4.69, 9.17) is 0 Å². The summed E-state index contributed by atoms with van der Waals surface area (Å²) in [6.45, 7) is 7.32. The summed E-state index contributed by atoms with van der Waals surface area (Å²) in [6, 6.07) is 2.71. The average molecular weight is 371 g/mol. The molecule has 0 atom stereocenters. The van der Waals surface area contributed by atoms with Crippen LogP contribution in [0.2, 0.25) is 0 Å². The standard InChI is InChI=1S/C16H20F3N5O2/c1-8(2)7-20-15(21-12-5-9(3)23-24-12)22-14(25)11-6-10(4)26-13(11)16(17,18)19/h5-6,8H,7H2,1-4H3,(H3,20,21,22,23,24,25). The van der Waals surface area contributed by atoms with Crippen LogP contribution in [0.25, 0.3) is 0 Å². The van der Waals surface area contributed by atoms with Crippen molar-refractivity contribution >= 4 is 17.7 Å². The third-order valence-corrected chi connectivity index (χ3v) is 3.16. The minimum atomic E-state index is -4.77. The number of aromatic nitrogens is 2. The van der Waals surface area contributed by atoms with Crippen molar-refractivity contribution in [2.45, 2.75) is 33.9 Å². The van der Waals surface area contributed by atoms with E-state index in [0.29, 0.717) is 12.4 Å². The molecule has 0 aliphatic rings. The fourth-order valence-corrected chi connectivity index (χ4v) is 2.06. The van der Waals surface area contributed by atoms with Crippen LogP contribution in [0, 0.1) is 19.8 Å². The average Bonchev–Trinajstić information content (AvgIpc) is 3.10. The first-order chi connectivity index (χ1) is 12.1. The highest BCUT2D eigenvalue weighted by Crippen LogP contribution is 2.34. The van der Waals surface area contributed by atoms with Crippen molar-refractivity contribution in [1.82, 2.24) is 15.5 Å². The lowest BCUT2D eigenvalue weighted by Gasteiger charge is -2.11. The number of guanidine groups is 1. The van der Waals surface area contributed by atoms with Gasteiger partial charge in [-0.2, -0.15) is 18.3 Å². The smallest absolute Gasteiger partial charge is 0.450 e. The minimum Gasteiger partial charge on any atom is -0.456 e. The van der Waals surface area contributed by atoms with Gasteiger partial charge in [-0.05, 0) is 25.8 Å². The van der Waals surface area contributed by atoms with Crippen molar-refractivity contribution in [3.8, 4) is 0 Å². The van der Waals surface area contributed by atoms with E-state index in [1.165, 1.54) is 6.92 Å². The summed E-state index contributed by atoms with van der Waals surface area (Å²) >= 11 is 0. The van der Waals surface area contributed by atoms with Crippen LogP contribution >= 0.6 is 0 Å². The van der Waals surface area contributed by atoms with Gasteiger partial charge in [0.25, 0.3) is 5.91 Å². The Morgan fingerprint density at radius 1 is 1.35 bits per heavy atom. The topological polar surface area (TPSA) is 95.3 Å². The molecule has 2 aromatic heterocycles. The highest BCUT2D eigenvalue weighted by molar-refractivity contribution is 6.10. The number of carbonyl (C=O) groups is 1. The highest BCUT2D eigenvalue weighted by atomic mass is 19.4. The normalized spacial score (nSPS) is 12.5. The zero-order valence-corrected chi connectivity index (χ0v) is 14.8. The molecule has 142 valence electrons. The molecule has 10 heteroatoms. The number of carbonyl (C=O) groups excluding carboxylic acids is 1. The zero-order valence-electron chi connectivity index (χ0n) is 14.8. The van der Waals surface area contributed by atoms with Crippen LogP contribution in [-0.2, 0) is 6.18 Å². The van der Waals surface area contributed by atoms with Crippen LogP contribution in [-0.4, -0.2) is 28.6 Å². The predicted molar refractivity (Wildman–Crippen MR) is 90.0 cm³/mol. The number of amides is 1. The summed E-state index contributed by atoms with van der Waals surface area (Å²) in [5.74, 6) is -1.76. The fourth-order valence-electron chi connectivity index (χ4n) is 2.06. The van der Waals surface area contributed by atoms with Gasteiger partial charge in [-0.15, -0.1) is 0 Å². The summed E-state index contributed by atoms with van der Waals surface area (Å²) in [6.07, 6.45) is -4.77. The number of rotatable bonds is 4. The molecule has 0 bridgehead atoms. The van der Waals surface area contributed by atoms with E-state index in [2.05, 4.69) is 30.2 Å². The van der Waals surface area contributed by atoms with Crippen molar-refractivity contribution in [2.75, 3.05) is 11.9 Å². The maximum Gasteiger partial charge on any atom is 0.450 e. The Labute approximate surface area is 148 Å². The molecule has 3 N–H and O–H groups in total. The molecule has 0 fully saturated rings. The van der Waals surface area contributed by atoms with E-state index < -0.39 is 23.4 Å². The molecule has 0 aromatic carbocycles. The Morgan fingerprint density at radius 3 is 2.58 bits per heavy atom. The van der Waals surface area contributed by atoms with Gasteiger partial charge in [-0.1, -0.05) is 13.8 Å². The van der Waals surface area contributed by atoms with Gasteiger partial charge in [0, 0.05) is 18.3 Å². The molecule has 7 nitrogen and oxygen atoms in total. The third-order valence-electron chi connectivity index (χ3n) is 3.16. The first kappa shape index (κ1) is 19.5. The van der Waals surface area contributed by atoms with E-state index in [9.17, 15) is 18.0 Å². The van der Waals surface area contributed by atoms with E-state index in [-0.39, 0.29) is 17.6 Å². The number of aliphatic imine (C=N–C) groups is 1. The predicted octanol–water partition coefficient (Wildman–Crippen LogP) is 3.49. The summed E-state index contributed by atoms with van der Waals surface area (Å²) in [5.41, 5.74) is 0.166. The Kier molecular flexibility index (Phi) is 5.73. The molecule has 0 spiro atoms. The molecule has 2 rings (SSSR count). The minimum absolute atomic E-state index is 0.00202. The number of halogens is 3. The van der Waals surface area contributed by atoms with E-state index in [1.54, 1.807) is 13.0 Å². The Balaban J connectivity index is 2.25. The van der Waals surface area contributed by atoms with Gasteiger partial charge < -0.3 is 9.73 Å². The lowest BCUT2D eigenvalue weighted by molar-refractivity contribution is -0.153. The number of alkyl halides is 3. The number of anilines is 1. The number of H-pyrrole nitrogens is 1. The number of aryl methyl sites for hydroxylation is 2. The maximum atomic E-state index is 13.0.